The van der Waals surface area contributed by atoms with Gasteiger partial charge in [0.25, 0.3) is 0 Å². The van der Waals surface area contributed by atoms with Gasteiger partial charge in [-0.1, -0.05) is 25.7 Å². The number of aliphatic carboxylic acids is 2. The summed E-state index contributed by atoms with van der Waals surface area (Å²) in [6, 6.07) is 0. The molecule has 8 nitrogen and oxygen atoms in total. The number of amides is 2. The molecule has 2 amide bonds. The molecule has 4 aliphatic rings. The van der Waals surface area contributed by atoms with E-state index >= 15 is 0 Å². The zero-order valence-corrected chi connectivity index (χ0v) is 18.1. The summed E-state index contributed by atoms with van der Waals surface area (Å²) in [5.41, 5.74) is -1.17. The number of carboxylic acid groups (broad SMARTS) is 2. The van der Waals surface area contributed by atoms with Gasteiger partial charge < -0.3 is 20.8 Å². The van der Waals surface area contributed by atoms with E-state index in [1.807, 2.05) is 0 Å². The summed E-state index contributed by atoms with van der Waals surface area (Å²) in [4.78, 5) is 49.1. The molecule has 0 radical (unpaired) electrons. The Morgan fingerprint density at radius 2 is 1.52 bits per heavy atom. The van der Waals surface area contributed by atoms with Gasteiger partial charge in [0.15, 0.2) is 0 Å². The van der Waals surface area contributed by atoms with E-state index in [0.717, 1.165) is 12.3 Å². The monoisotopic (exact) mass is 434 g/mol. The minimum Gasteiger partial charge on any atom is -0.481 e. The third-order valence-corrected chi connectivity index (χ3v) is 8.93. The van der Waals surface area contributed by atoms with Crippen molar-refractivity contribution in [1.29, 1.82) is 0 Å². The molecule has 0 aromatic heterocycles. The van der Waals surface area contributed by atoms with Crippen molar-refractivity contribution in [2.75, 3.05) is 13.6 Å². The smallest absolute Gasteiger partial charge is 0.307 e. The molecule has 4 N–H and O–H groups in total. The van der Waals surface area contributed by atoms with E-state index < -0.39 is 46.9 Å². The van der Waals surface area contributed by atoms with Crippen LogP contribution < -0.4 is 10.6 Å². The first-order valence-electron chi connectivity index (χ1n) is 11.8. The summed E-state index contributed by atoms with van der Waals surface area (Å²) in [6.07, 6.45) is 9.40. The number of nitrogens with one attached hydrogen (secondary N) is 2. The highest BCUT2D eigenvalue weighted by atomic mass is 16.4. The summed E-state index contributed by atoms with van der Waals surface area (Å²) in [5, 5.41) is 24.9. The Bertz CT molecular complexity index is 765. The molecule has 31 heavy (non-hydrogen) atoms. The topological polar surface area (TPSA) is 133 Å². The van der Waals surface area contributed by atoms with Crippen LogP contribution in [-0.4, -0.2) is 47.6 Å². The fourth-order valence-corrected chi connectivity index (χ4v) is 6.75. The van der Waals surface area contributed by atoms with Crippen LogP contribution >= 0.6 is 0 Å². The number of rotatable bonds is 9. The average molecular weight is 435 g/mol. The fourth-order valence-electron chi connectivity index (χ4n) is 6.75. The molecule has 0 aromatic carbocycles. The van der Waals surface area contributed by atoms with Crippen LogP contribution in [0.5, 0.6) is 0 Å². The van der Waals surface area contributed by atoms with Crippen molar-refractivity contribution in [3.05, 3.63) is 0 Å². The Morgan fingerprint density at radius 3 is 2.03 bits per heavy atom. The van der Waals surface area contributed by atoms with Crippen LogP contribution in [0, 0.1) is 46.8 Å². The number of carbonyl (C=O) groups is 4. The van der Waals surface area contributed by atoms with E-state index in [2.05, 4.69) is 10.6 Å². The highest BCUT2D eigenvalue weighted by Crippen LogP contribution is 2.71. The van der Waals surface area contributed by atoms with Crippen molar-refractivity contribution in [3.63, 3.8) is 0 Å². The minimum absolute atomic E-state index is 0.268. The van der Waals surface area contributed by atoms with Gasteiger partial charge >= 0.3 is 11.9 Å². The van der Waals surface area contributed by atoms with Gasteiger partial charge in [-0.15, -0.1) is 0 Å². The molecule has 4 saturated carbocycles. The summed E-state index contributed by atoms with van der Waals surface area (Å²) >= 11 is 0. The molecule has 8 heteroatoms. The van der Waals surface area contributed by atoms with E-state index in [9.17, 15) is 29.4 Å². The Kier molecular flexibility index (Phi) is 6.01. The third kappa shape index (κ3) is 3.72. The van der Waals surface area contributed by atoms with E-state index in [1.165, 1.54) is 45.6 Å². The molecule has 1 spiro atoms. The summed E-state index contributed by atoms with van der Waals surface area (Å²) in [5.74, 6) is -5.00. The number of hydrogen-bond donors (Lipinski definition) is 4. The second-order valence-electron chi connectivity index (χ2n) is 10.2. The van der Waals surface area contributed by atoms with Crippen molar-refractivity contribution in [2.45, 2.75) is 57.8 Å². The van der Waals surface area contributed by atoms with Crippen molar-refractivity contribution in [1.82, 2.24) is 10.6 Å². The number of carbonyl (C=O) groups excluding carboxylic acids is 2. The third-order valence-electron chi connectivity index (χ3n) is 8.93. The van der Waals surface area contributed by atoms with Gasteiger partial charge in [0.2, 0.25) is 11.8 Å². The fraction of sp³-hybridized carbons (Fsp3) is 0.826. The first-order valence-corrected chi connectivity index (χ1v) is 11.8. The van der Waals surface area contributed by atoms with Crippen molar-refractivity contribution < 1.29 is 29.4 Å². The Hall–Kier alpha value is -2.12. The van der Waals surface area contributed by atoms with Crippen LogP contribution in [0.1, 0.15) is 57.8 Å². The van der Waals surface area contributed by atoms with E-state index in [4.69, 9.17) is 0 Å². The predicted molar refractivity (Wildman–Crippen MR) is 111 cm³/mol. The van der Waals surface area contributed by atoms with Crippen LogP contribution in [-0.2, 0) is 19.2 Å². The van der Waals surface area contributed by atoms with Crippen molar-refractivity contribution in [3.8, 4) is 0 Å². The summed E-state index contributed by atoms with van der Waals surface area (Å²) in [7, 11) is 1.42. The van der Waals surface area contributed by atoms with Gasteiger partial charge in [-0.05, 0) is 49.9 Å². The Morgan fingerprint density at radius 1 is 0.839 bits per heavy atom. The first kappa shape index (κ1) is 22.1. The zero-order chi connectivity index (χ0) is 22.3. The maximum Gasteiger partial charge on any atom is 0.307 e. The SMILES string of the molecule is CNC(=O)C1C(C(=O)O)C12CCC(C(=O)NCC1CCC1CCC1CCC1)C2C(=O)O. The van der Waals surface area contributed by atoms with Gasteiger partial charge in [-0.3, -0.25) is 19.2 Å². The lowest BCUT2D eigenvalue weighted by Crippen LogP contribution is -2.43. The molecule has 7 unspecified atom stereocenters. The van der Waals surface area contributed by atoms with Gasteiger partial charge in [0.05, 0.1) is 23.7 Å². The highest BCUT2D eigenvalue weighted by molar-refractivity contribution is 5.96. The second kappa shape index (κ2) is 8.43. The van der Waals surface area contributed by atoms with Crippen LogP contribution in [0.4, 0.5) is 0 Å². The molecule has 172 valence electrons. The minimum atomic E-state index is -1.18. The Labute approximate surface area is 182 Å². The van der Waals surface area contributed by atoms with E-state index in [0.29, 0.717) is 24.8 Å². The maximum atomic E-state index is 12.9. The number of carboxylic acids is 2. The van der Waals surface area contributed by atoms with Gasteiger partial charge in [0, 0.05) is 19.0 Å². The summed E-state index contributed by atoms with van der Waals surface area (Å²) < 4.78 is 0. The molecule has 4 aliphatic carbocycles. The molecule has 7 atom stereocenters. The molecular formula is C23H34N2O6. The predicted octanol–water partition coefficient (Wildman–Crippen LogP) is 1.88. The lowest BCUT2D eigenvalue weighted by Gasteiger charge is -2.39. The van der Waals surface area contributed by atoms with E-state index in [-0.39, 0.29) is 12.3 Å². The van der Waals surface area contributed by atoms with Gasteiger partial charge in [0.1, 0.15) is 0 Å². The largest absolute Gasteiger partial charge is 0.481 e. The van der Waals surface area contributed by atoms with Crippen LogP contribution in [0.2, 0.25) is 0 Å². The standard InChI is InChI=1S/C23H34N2O6/c1-24-20(27)17-18(22(30)31)23(17)10-9-15(16(23)21(28)29)19(26)25-11-14-8-7-13(14)6-5-12-3-2-4-12/h12-18H,2-11H2,1H3,(H,24,27)(H,25,26)(H,28,29)(H,30,31). The molecule has 0 heterocycles. The quantitative estimate of drug-likeness (QED) is 0.438. The lowest BCUT2D eigenvalue weighted by molar-refractivity contribution is -0.149. The molecule has 4 fully saturated rings. The molecule has 0 aliphatic heterocycles. The van der Waals surface area contributed by atoms with Gasteiger partial charge in [-0.25, -0.2) is 0 Å². The van der Waals surface area contributed by atoms with E-state index in [1.54, 1.807) is 0 Å². The molecule has 0 saturated heterocycles. The highest BCUT2D eigenvalue weighted by Gasteiger charge is 2.79. The van der Waals surface area contributed by atoms with Gasteiger partial charge in [-0.2, -0.15) is 0 Å². The molecule has 0 aromatic rings. The molecule has 4 rings (SSSR count). The van der Waals surface area contributed by atoms with Crippen LogP contribution in [0.15, 0.2) is 0 Å². The number of hydrogen-bond acceptors (Lipinski definition) is 4. The van der Waals surface area contributed by atoms with Crippen LogP contribution in [0.3, 0.4) is 0 Å². The lowest BCUT2D eigenvalue weighted by atomic mass is 9.69. The first-order chi connectivity index (χ1) is 14.8. The Balaban J connectivity index is 1.36. The zero-order valence-electron chi connectivity index (χ0n) is 18.1. The maximum absolute atomic E-state index is 12.9. The van der Waals surface area contributed by atoms with Crippen molar-refractivity contribution >= 4 is 23.8 Å². The van der Waals surface area contributed by atoms with Crippen LogP contribution in [0.25, 0.3) is 0 Å². The summed E-state index contributed by atoms with van der Waals surface area (Å²) in [6.45, 7) is 0.561. The molecule has 0 bridgehead atoms. The second-order valence-corrected chi connectivity index (χ2v) is 10.2. The normalized spacial score (nSPS) is 38.7. The average Bonchev–Trinajstić information content (AvgIpc) is 3.16. The molecular weight excluding hydrogens is 400 g/mol. The van der Waals surface area contributed by atoms with Crippen molar-refractivity contribution in [2.24, 2.45) is 46.8 Å².